The zero-order valence-corrected chi connectivity index (χ0v) is 19.8. The molecule has 0 fully saturated rings. The summed E-state index contributed by atoms with van der Waals surface area (Å²) < 4.78 is 7.09. The van der Waals surface area contributed by atoms with E-state index in [4.69, 9.17) is 21.4 Å². The minimum atomic E-state index is -0.889. The SMILES string of the molecule is COc1ccc(-n2nc(CC(C(=O)O)c3cccc4ccccc34)cc2-c2ccccc2Cl)cc1. The lowest BCUT2D eigenvalue weighted by Crippen LogP contribution is -2.15. The van der Waals surface area contributed by atoms with E-state index in [0.717, 1.165) is 39.0 Å². The van der Waals surface area contributed by atoms with Crippen molar-refractivity contribution in [2.75, 3.05) is 7.11 Å². The molecule has 0 saturated heterocycles. The van der Waals surface area contributed by atoms with Crippen molar-refractivity contribution in [3.05, 3.63) is 113 Å². The zero-order chi connectivity index (χ0) is 24.4. The lowest BCUT2D eigenvalue weighted by Gasteiger charge is -2.14. The maximum Gasteiger partial charge on any atom is 0.311 e. The average molecular weight is 483 g/mol. The van der Waals surface area contributed by atoms with Crippen LogP contribution in [0.15, 0.2) is 97.1 Å². The van der Waals surface area contributed by atoms with E-state index in [9.17, 15) is 9.90 Å². The van der Waals surface area contributed by atoms with Crippen LogP contribution in [0.3, 0.4) is 0 Å². The van der Waals surface area contributed by atoms with E-state index in [1.54, 1.807) is 11.8 Å². The Morgan fingerprint density at radius 3 is 2.43 bits per heavy atom. The molecule has 1 aromatic heterocycles. The predicted molar refractivity (Wildman–Crippen MR) is 139 cm³/mol. The summed E-state index contributed by atoms with van der Waals surface area (Å²) in [5.74, 6) is -0.902. The molecule has 0 saturated carbocycles. The third kappa shape index (κ3) is 4.51. The minimum Gasteiger partial charge on any atom is -0.497 e. The van der Waals surface area contributed by atoms with Crippen molar-refractivity contribution >= 4 is 28.3 Å². The van der Waals surface area contributed by atoms with Crippen LogP contribution in [0.1, 0.15) is 17.2 Å². The van der Waals surface area contributed by atoms with Crippen LogP contribution in [0.5, 0.6) is 5.75 Å². The van der Waals surface area contributed by atoms with Crippen LogP contribution < -0.4 is 4.74 Å². The van der Waals surface area contributed by atoms with Crippen LogP contribution in [0.4, 0.5) is 0 Å². The molecule has 5 aromatic rings. The Morgan fingerprint density at radius 2 is 1.69 bits per heavy atom. The van der Waals surface area contributed by atoms with Gasteiger partial charge >= 0.3 is 5.97 Å². The van der Waals surface area contributed by atoms with Crippen LogP contribution in [-0.2, 0) is 11.2 Å². The number of halogens is 1. The topological polar surface area (TPSA) is 64.4 Å². The Kier molecular flexibility index (Phi) is 6.25. The molecule has 0 bridgehead atoms. The molecule has 0 spiro atoms. The lowest BCUT2D eigenvalue weighted by atomic mass is 9.90. The summed E-state index contributed by atoms with van der Waals surface area (Å²) in [6.07, 6.45) is 0.240. The third-order valence-corrected chi connectivity index (χ3v) is 6.47. The van der Waals surface area contributed by atoms with Crippen molar-refractivity contribution in [2.45, 2.75) is 12.3 Å². The van der Waals surface area contributed by atoms with Crippen molar-refractivity contribution in [3.63, 3.8) is 0 Å². The summed E-state index contributed by atoms with van der Waals surface area (Å²) in [5.41, 5.74) is 3.87. The molecule has 0 radical (unpaired) electrons. The molecule has 5 rings (SSSR count). The summed E-state index contributed by atoms with van der Waals surface area (Å²) in [6, 6.07) is 30.7. The predicted octanol–water partition coefficient (Wildman–Crippen LogP) is 6.77. The van der Waals surface area contributed by atoms with Gasteiger partial charge in [-0.25, -0.2) is 4.68 Å². The first-order valence-electron chi connectivity index (χ1n) is 11.2. The number of ether oxygens (including phenoxy) is 1. The van der Waals surface area contributed by atoms with E-state index >= 15 is 0 Å². The molecule has 0 aliphatic carbocycles. The van der Waals surface area contributed by atoms with Gasteiger partial charge in [0.1, 0.15) is 5.75 Å². The quantitative estimate of drug-likeness (QED) is 0.278. The molecule has 5 nitrogen and oxygen atoms in total. The number of carbonyl (C=O) groups is 1. The van der Waals surface area contributed by atoms with E-state index in [2.05, 4.69) is 0 Å². The maximum absolute atomic E-state index is 12.4. The number of methoxy groups -OCH3 is 1. The van der Waals surface area contributed by atoms with Gasteiger partial charge in [0.05, 0.1) is 30.1 Å². The van der Waals surface area contributed by atoms with Crippen LogP contribution in [0.25, 0.3) is 27.7 Å². The summed E-state index contributed by atoms with van der Waals surface area (Å²) in [6.45, 7) is 0. The zero-order valence-electron chi connectivity index (χ0n) is 19.1. The van der Waals surface area contributed by atoms with Gasteiger partial charge in [0.15, 0.2) is 0 Å². The van der Waals surface area contributed by atoms with E-state index in [-0.39, 0.29) is 6.42 Å². The van der Waals surface area contributed by atoms with Gasteiger partial charge < -0.3 is 9.84 Å². The van der Waals surface area contributed by atoms with Crippen molar-refractivity contribution in [3.8, 4) is 22.7 Å². The molecule has 1 atom stereocenters. The molecule has 1 N–H and O–H groups in total. The first-order chi connectivity index (χ1) is 17.0. The van der Waals surface area contributed by atoms with Crippen molar-refractivity contribution in [2.24, 2.45) is 0 Å². The molecule has 1 heterocycles. The minimum absolute atomic E-state index is 0.240. The summed E-state index contributed by atoms with van der Waals surface area (Å²) in [4.78, 5) is 12.4. The van der Waals surface area contributed by atoms with Crippen LogP contribution >= 0.6 is 11.6 Å². The second kappa shape index (κ2) is 9.65. The van der Waals surface area contributed by atoms with Gasteiger partial charge in [-0.15, -0.1) is 0 Å². The van der Waals surface area contributed by atoms with Gasteiger partial charge in [-0.2, -0.15) is 5.10 Å². The van der Waals surface area contributed by atoms with Gasteiger partial charge in [0.25, 0.3) is 0 Å². The van der Waals surface area contributed by atoms with Crippen molar-refractivity contribution in [1.82, 2.24) is 9.78 Å². The van der Waals surface area contributed by atoms with E-state index in [0.29, 0.717) is 10.7 Å². The third-order valence-electron chi connectivity index (χ3n) is 6.14. The Bertz CT molecular complexity index is 1500. The van der Waals surface area contributed by atoms with Gasteiger partial charge in [-0.1, -0.05) is 72.3 Å². The fourth-order valence-corrected chi connectivity index (χ4v) is 4.64. The van der Waals surface area contributed by atoms with Crippen LogP contribution in [0.2, 0.25) is 5.02 Å². The number of hydrogen-bond acceptors (Lipinski definition) is 3. The van der Waals surface area contributed by atoms with Crippen LogP contribution in [-0.4, -0.2) is 28.0 Å². The fraction of sp³-hybridized carbons (Fsp3) is 0.103. The van der Waals surface area contributed by atoms with Gasteiger partial charge in [0, 0.05) is 17.0 Å². The molecule has 174 valence electrons. The Balaban J connectivity index is 1.61. The smallest absolute Gasteiger partial charge is 0.311 e. The second-order valence-corrected chi connectivity index (χ2v) is 8.68. The van der Waals surface area contributed by atoms with Crippen molar-refractivity contribution in [1.29, 1.82) is 0 Å². The lowest BCUT2D eigenvalue weighted by molar-refractivity contribution is -0.138. The first kappa shape index (κ1) is 22.7. The highest BCUT2D eigenvalue weighted by atomic mass is 35.5. The normalized spacial score (nSPS) is 11.9. The van der Waals surface area contributed by atoms with E-state index in [1.807, 2.05) is 97.1 Å². The summed E-state index contributed by atoms with van der Waals surface area (Å²) in [7, 11) is 1.62. The number of rotatable bonds is 7. The molecule has 35 heavy (non-hydrogen) atoms. The molecular weight excluding hydrogens is 460 g/mol. The molecule has 4 aromatic carbocycles. The molecule has 0 amide bonds. The monoisotopic (exact) mass is 482 g/mol. The van der Waals surface area contributed by atoms with Gasteiger partial charge in [0.2, 0.25) is 0 Å². The summed E-state index contributed by atoms with van der Waals surface area (Å²) in [5, 5.41) is 17.6. The highest BCUT2D eigenvalue weighted by Gasteiger charge is 2.25. The van der Waals surface area contributed by atoms with E-state index < -0.39 is 11.9 Å². The molecular formula is C29H23ClN2O3. The van der Waals surface area contributed by atoms with Gasteiger partial charge in [-0.3, -0.25) is 4.79 Å². The Morgan fingerprint density at radius 1 is 0.971 bits per heavy atom. The number of nitrogens with zero attached hydrogens (tertiary/aromatic N) is 2. The van der Waals surface area contributed by atoms with Gasteiger partial charge in [-0.05, 0) is 52.7 Å². The van der Waals surface area contributed by atoms with Crippen LogP contribution in [0, 0.1) is 0 Å². The Hall–Kier alpha value is -4.09. The number of aliphatic carboxylic acids is 1. The highest BCUT2D eigenvalue weighted by molar-refractivity contribution is 6.33. The number of hydrogen-bond donors (Lipinski definition) is 1. The number of benzene rings is 4. The van der Waals surface area contributed by atoms with E-state index in [1.165, 1.54) is 0 Å². The standard InChI is InChI=1S/C29H23ClN2O3/c1-35-22-15-13-21(14-16-22)32-28(25-10-4-5-12-27(25)30)18-20(31-32)17-26(29(33)34)24-11-6-8-19-7-2-3-9-23(19)24/h2-16,18,26H,17H2,1H3,(H,33,34). The average Bonchev–Trinajstić information content (AvgIpc) is 3.31. The highest BCUT2D eigenvalue weighted by Crippen LogP contribution is 2.33. The largest absolute Gasteiger partial charge is 0.497 e. The molecule has 0 aliphatic rings. The maximum atomic E-state index is 12.4. The molecule has 1 unspecified atom stereocenters. The van der Waals surface area contributed by atoms with Crippen molar-refractivity contribution < 1.29 is 14.6 Å². The summed E-state index contributed by atoms with van der Waals surface area (Å²) >= 11 is 6.54. The number of carboxylic acids is 1. The fourth-order valence-electron chi connectivity index (χ4n) is 4.40. The molecule has 0 aliphatic heterocycles. The first-order valence-corrected chi connectivity index (χ1v) is 11.6. The molecule has 6 heteroatoms. The number of aromatic nitrogens is 2. The number of carboxylic acid groups (broad SMARTS) is 1. The number of fused-ring (bicyclic) bond motifs is 1. The Labute approximate surface area is 208 Å². The second-order valence-electron chi connectivity index (χ2n) is 8.27.